The lowest BCUT2D eigenvalue weighted by atomic mass is 10.2. The molecule has 0 aliphatic heterocycles. The summed E-state index contributed by atoms with van der Waals surface area (Å²) in [6.45, 7) is 6.74. The molecule has 0 saturated heterocycles. The van der Waals surface area contributed by atoms with Crippen LogP contribution in [0.5, 0.6) is 0 Å². The molecule has 0 saturated carbocycles. The van der Waals surface area contributed by atoms with Crippen LogP contribution in [0.25, 0.3) is 0 Å². The monoisotopic (exact) mass is 426 g/mol. The number of hydrogen-bond donors (Lipinski definition) is 1. The lowest BCUT2D eigenvalue weighted by Gasteiger charge is -2.24. The Balaban J connectivity index is 4.25. The largest absolute Gasteiger partial charge is 0.472 e. The number of phosphoric ester groups is 1. The summed E-state index contributed by atoms with van der Waals surface area (Å²) < 4.78 is 34.5. The molecule has 0 aliphatic rings. The van der Waals surface area contributed by atoms with Gasteiger partial charge in [-0.2, -0.15) is 0 Å². The lowest BCUT2D eigenvalue weighted by Crippen LogP contribution is -2.37. The molecule has 0 fully saturated rings. The molecule has 0 radical (unpaired) electrons. The van der Waals surface area contributed by atoms with E-state index in [1.54, 1.807) is 0 Å². The van der Waals surface area contributed by atoms with Gasteiger partial charge >= 0.3 is 7.82 Å². The third-order valence-corrected chi connectivity index (χ3v) is 5.22. The van der Waals surface area contributed by atoms with Gasteiger partial charge in [0.15, 0.2) is 0 Å². The second kappa shape index (κ2) is 16.8. The summed E-state index contributed by atoms with van der Waals surface area (Å²) in [4.78, 5) is 9.88. The van der Waals surface area contributed by atoms with E-state index in [0.29, 0.717) is 30.8 Å². The molecule has 0 heterocycles. The number of rotatable bonds is 20. The molecule has 1 unspecified atom stereocenters. The van der Waals surface area contributed by atoms with Crippen molar-refractivity contribution in [2.75, 3.05) is 60.7 Å². The van der Waals surface area contributed by atoms with Gasteiger partial charge in [0, 0.05) is 13.2 Å². The fourth-order valence-corrected chi connectivity index (χ4v) is 3.16. The summed E-state index contributed by atoms with van der Waals surface area (Å²) in [6.07, 6.45) is 8.66. The maximum absolute atomic E-state index is 12.1. The highest BCUT2D eigenvalue weighted by Crippen LogP contribution is 2.43. The quantitative estimate of drug-likeness (QED) is 0.177. The van der Waals surface area contributed by atoms with E-state index < -0.39 is 7.82 Å². The van der Waals surface area contributed by atoms with Gasteiger partial charge in [0.05, 0.1) is 34.4 Å². The molecule has 7 nitrogen and oxygen atoms in total. The number of quaternary nitrogens is 1. The van der Waals surface area contributed by atoms with E-state index in [4.69, 9.17) is 18.5 Å². The van der Waals surface area contributed by atoms with Crippen molar-refractivity contribution in [3.63, 3.8) is 0 Å². The summed E-state index contributed by atoms with van der Waals surface area (Å²) in [5.41, 5.74) is 0. The van der Waals surface area contributed by atoms with Gasteiger partial charge in [-0.05, 0) is 12.8 Å². The highest BCUT2D eigenvalue weighted by molar-refractivity contribution is 7.47. The van der Waals surface area contributed by atoms with E-state index in [0.717, 1.165) is 25.7 Å². The predicted molar refractivity (Wildman–Crippen MR) is 113 cm³/mol. The van der Waals surface area contributed by atoms with Gasteiger partial charge in [-0.15, -0.1) is 0 Å². The Hall–Kier alpha value is -0.0100. The van der Waals surface area contributed by atoms with E-state index >= 15 is 0 Å². The van der Waals surface area contributed by atoms with Crippen LogP contribution in [-0.4, -0.2) is 76.2 Å². The van der Waals surface area contributed by atoms with Gasteiger partial charge in [-0.25, -0.2) is 4.57 Å². The average Bonchev–Trinajstić information content (AvgIpc) is 2.60. The van der Waals surface area contributed by atoms with Gasteiger partial charge in [0.1, 0.15) is 19.3 Å². The standard InChI is InChI=1S/C20H44NO6P/c1-6-8-10-12-15-24-18-20(25-16-13-11-9-7-2)19-27-28(22,23)26-17-14-21(3,4)5/h20H,6-19H2,1-5H3/p+1/t20-/m1/s1. The van der Waals surface area contributed by atoms with E-state index in [-0.39, 0.29) is 19.3 Å². The highest BCUT2D eigenvalue weighted by Gasteiger charge is 2.25. The van der Waals surface area contributed by atoms with Crippen molar-refractivity contribution >= 4 is 7.82 Å². The fraction of sp³-hybridized carbons (Fsp3) is 1.00. The Labute approximate surface area is 172 Å². The normalized spacial score (nSPS) is 15.5. The molecule has 0 aromatic carbocycles. The van der Waals surface area contributed by atoms with E-state index in [9.17, 15) is 9.46 Å². The zero-order chi connectivity index (χ0) is 21.3. The molecule has 0 rings (SSSR count). The molecule has 0 aliphatic carbocycles. The van der Waals surface area contributed by atoms with Crippen LogP contribution >= 0.6 is 7.82 Å². The molecule has 1 N–H and O–H groups in total. The van der Waals surface area contributed by atoms with Crippen LogP contribution in [-0.2, 0) is 23.1 Å². The van der Waals surface area contributed by atoms with Crippen LogP contribution in [0.1, 0.15) is 65.2 Å². The molecule has 8 heteroatoms. The van der Waals surface area contributed by atoms with Crippen LogP contribution in [0, 0.1) is 0 Å². The number of likely N-dealkylation sites (N-methyl/N-ethyl adjacent to an activating group) is 1. The molecule has 170 valence electrons. The Kier molecular flexibility index (Phi) is 16.7. The van der Waals surface area contributed by atoms with E-state index in [1.807, 2.05) is 21.1 Å². The molecular weight excluding hydrogens is 381 g/mol. The average molecular weight is 427 g/mol. The SMILES string of the molecule is CCCCCCOC[C@H](COP(=O)(O)OCC[N+](C)(C)C)OCCCCCC. The van der Waals surface area contributed by atoms with Crippen molar-refractivity contribution in [3.8, 4) is 0 Å². The topological polar surface area (TPSA) is 74.2 Å². The Morgan fingerprint density at radius 3 is 2.00 bits per heavy atom. The van der Waals surface area contributed by atoms with Crippen LogP contribution in [0.2, 0.25) is 0 Å². The summed E-state index contributed by atoms with van der Waals surface area (Å²) in [5.74, 6) is 0. The first-order chi connectivity index (χ1) is 13.2. The maximum atomic E-state index is 12.1. The summed E-state index contributed by atoms with van der Waals surface area (Å²) in [6, 6.07) is 0. The second-order valence-corrected chi connectivity index (χ2v) is 9.75. The molecule has 28 heavy (non-hydrogen) atoms. The molecule has 0 aromatic heterocycles. The first-order valence-electron chi connectivity index (χ1n) is 10.8. The Morgan fingerprint density at radius 1 is 0.821 bits per heavy atom. The van der Waals surface area contributed by atoms with Crippen LogP contribution in [0.15, 0.2) is 0 Å². The van der Waals surface area contributed by atoms with Crippen molar-refractivity contribution < 1.29 is 32.5 Å². The second-order valence-electron chi connectivity index (χ2n) is 8.30. The van der Waals surface area contributed by atoms with Crippen molar-refractivity contribution in [2.24, 2.45) is 0 Å². The number of phosphoric acid groups is 1. The third kappa shape index (κ3) is 19.3. The third-order valence-electron chi connectivity index (χ3n) is 4.24. The Morgan fingerprint density at radius 2 is 1.43 bits per heavy atom. The summed E-state index contributed by atoms with van der Waals surface area (Å²) in [5, 5.41) is 0. The van der Waals surface area contributed by atoms with Crippen LogP contribution in [0.3, 0.4) is 0 Å². The number of unbranched alkanes of at least 4 members (excludes halogenated alkanes) is 6. The molecule has 0 aromatic rings. The Bertz CT molecular complexity index is 403. The van der Waals surface area contributed by atoms with Gasteiger partial charge in [0.2, 0.25) is 0 Å². The maximum Gasteiger partial charge on any atom is 0.472 e. The van der Waals surface area contributed by atoms with Crippen LogP contribution in [0.4, 0.5) is 0 Å². The highest BCUT2D eigenvalue weighted by atomic mass is 31.2. The van der Waals surface area contributed by atoms with Crippen LogP contribution < -0.4 is 0 Å². The van der Waals surface area contributed by atoms with Crippen molar-refractivity contribution in [2.45, 2.75) is 71.3 Å². The minimum Gasteiger partial charge on any atom is -0.379 e. The molecule has 2 atom stereocenters. The molecular formula is C20H45NO6P+. The van der Waals surface area contributed by atoms with E-state index in [1.165, 1.54) is 25.7 Å². The van der Waals surface area contributed by atoms with Gasteiger partial charge < -0.3 is 18.9 Å². The van der Waals surface area contributed by atoms with E-state index in [2.05, 4.69) is 13.8 Å². The van der Waals surface area contributed by atoms with Gasteiger partial charge in [0.25, 0.3) is 0 Å². The zero-order valence-electron chi connectivity index (χ0n) is 18.9. The van der Waals surface area contributed by atoms with Crippen molar-refractivity contribution in [1.82, 2.24) is 0 Å². The molecule has 0 bridgehead atoms. The van der Waals surface area contributed by atoms with Crippen molar-refractivity contribution in [1.29, 1.82) is 0 Å². The summed E-state index contributed by atoms with van der Waals surface area (Å²) in [7, 11) is 1.90. The smallest absolute Gasteiger partial charge is 0.379 e. The van der Waals surface area contributed by atoms with Crippen molar-refractivity contribution in [3.05, 3.63) is 0 Å². The first-order valence-corrected chi connectivity index (χ1v) is 12.3. The molecule has 0 amide bonds. The number of ether oxygens (including phenoxy) is 2. The minimum atomic E-state index is -4.08. The van der Waals surface area contributed by atoms with Gasteiger partial charge in [-0.3, -0.25) is 9.05 Å². The number of hydrogen-bond acceptors (Lipinski definition) is 5. The summed E-state index contributed by atoms with van der Waals surface area (Å²) >= 11 is 0. The molecule has 0 spiro atoms. The predicted octanol–water partition coefficient (Wildman–Crippen LogP) is 4.39. The zero-order valence-corrected chi connectivity index (χ0v) is 19.8. The minimum absolute atomic E-state index is 0.0130. The fourth-order valence-electron chi connectivity index (χ4n) is 2.41. The first kappa shape index (κ1) is 28.0. The number of nitrogens with zero attached hydrogens (tertiary/aromatic N) is 1. The lowest BCUT2D eigenvalue weighted by molar-refractivity contribution is -0.870. The van der Waals surface area contributed by atoms with Gasteiger partial charge in [-0.1, -0.05) is 52.4 Å².